The first-order valence-corrected chi connectivity index (χ1v) is 11.0. The molecule has 0 aromatic heterocycles. The normalized spacial score (nSPS) is 11.3. The molecule has 2 N–H and O–H groups in total. The number of hydrazone groups is 1. The minimum absolute atomic E-state index is 0.0423. The van der Waals surface area contributed by atoms with E-state index in [1.54, 1.807) is 30.3 Å². The zero-order valence-electron chi connectivity index (χ0n) is 19.2. The Morgan fingerprint density at radius 1 is 0.882 bits per heavy atom. The average Bonchev–Trinajstić information content (AvgIpc) is 2.87. The Labute approximate surface area is 198 Å². The summed E-state index contributed by atoms with van der Waals surface area (Å²) in [4.78, 5) is 27.7. The van der Waals surface area contributed by atoms with Gasteiger partial charge in [-0.05, 0) is 67.4 Å². The van der Waals surface area contributed by atoms with Gasteiger partial charge in [0.25, 0.3) is 11.8 Å². The maximum absolute atomic E-state index is 13.1. The first kappa shape index (κ1) is 24.4. The highest BCUT2D eigenvalue weighted by molar-refractivity contribution is 6.05. The van der Waals surface area contributed by atoms with E-state index in [4.69, 9.17) is 0 Å². The summed E-state index contributed by atoms with van der Waals surface area (Å²) >= 11 is 0. The van der Waals surface area contributed by atoms with Crippen LogP contribution in [0.1, 0.15) is 35.3 Å². The Bertz CT molecular complexity index is 1150. The number of carbonyl (C=O) groups is 2. The number of amides is 2. The first-order chi connectivity index (χ1) is 16.5. The van der Waals surface area contributed by atoms with Crippen LogP contribution in [0.25, 0.3) is 6.08 Å². The van der Waals surface area contributed by atoms with Gasteiger partial charge in [-0.25, -0.2) is 9.82 Å². The number of carbonyl (C=O) groups excluding carboxylic acids is 2. The van der Waals surface area contributed by atoms with E-state index in [2.05, 4.69) is 34.6 Å². The third-order valence-corrected chi connectivity index (χ3v) is 5.11. The SMILES string of the molecule is CCN(CC)c1ccc(C=C(NC(=O)c2ccccc2)C(=O)NN=Cc2ccc(F)cc2)cc1. The van der Waals surface area contributed by atoms with Crippen molar-refractivity contribution in [2.75, 3.05) is 18.0 Å². The zero-order chi connectivity index (χ0) is 24.3. The van der Waals surface area contributed by atoms with Crippen LogP contribution in [-0.4, -0.2) is 31.1 Å². The van der Waals surface area contributed by atoms with Crippen LogP contribution in [0.2, 0.25) is 0 Å². The van der Waals surface area contributed by atoms with Gasteiger partial charge in [-0.15, -0.1) is 0 Å². The molecular weight excluding hydrogens is 431 g/mol. The Kier molecular flexibility index (Phi) is 8.68. The van der Waals surface area contributed by atoms with Crippen molar-refractivity contribution in [1.29, 1.82) is 0 Å². The fourth-order valence-electron chi connectivity index (χ4n) is 3.25. The monoisotopic (exact) mass is 458 g/mol. The average molecular weight is 459 g/mol. The molecule has 0 unspecified atom stereocenters. The van der Waals surface area contributed by atoms with E-state index >= 15 is 0 Å². The summed E-state index contributed by atoms with van der Waals surface area (Å²) in [6.07, 6.45) is 2.99. The van der Waals surface area contributed by atoms with Gasteiger partial charge in [0.15, 0.2) is 0 Å². The predicted molar refractivity (Wildman–Crippen MR) is 134 cm³/mol. The fraction of sp³-hybridized carbons (Fsp3) is 0.148. The van der Waals surface area contributed by atoms with Gasteiger partial charge in [0.1, 0.15) is 11.5 Å². The summed E-state index contributed by atoms with van der Waals surface area (Å²) in [5.41, 5.74) is 5.32. The van der Waals surface area contributed by atoms with Crippen molar-refractivity contribution < 1.29 is 14.0 Å². The van der Waals surface area contributed by atoms with Crippen LogP contribution in [0.15, 0.2) is 89.7 Å². The molecule has 0 aliphatic carbocycles. The van der Waals surface area contributed by atoms with Crippen LogP contribution in [0.5, 0.6) is 0 Å². The van der Waals surface area contributed by atoms with Crippen molar-refractivity contribution in [3.63, 3.8) is 0 Å². The van der Waals surface area contributed by atoms with Crippen LogP contribution >= 0.6 is 0 Å². The highest BCUT2D eigenvalue weighted by atomic mass is 19.1. The number of halogens is 1. The van der Waals surface area contributed by atoms with Crippen molar-refractivity contribution in [1.82, 2.24) is 10.7 Å². The van der Waals surface area contributed by atoms with Crippen molar-refractivity contribution in [3.8, 4) is 0 Å². The topological polar surface area (TPSA) is 73.8 Å². The number of hydrogen-bond donors (Lipinski definition) is 2. The summed E-state index contributed by atoms with van der Waals surface area (Å²) < 4.78 is 13.1. The van der Waals surface area contributed by atoms with Crippen LogP contribution in [-0.2, 0) is 4.79 Å². The molecule has 6 nitrogen and oxygen atoms in total. The van der Waals surface area contributed by atoms with Crippen LogP contribution in [0, 0.1) is 5.82 Å². The molecule has 3 rings (SSSR count). The summed E-state index contributed by atoms with van der Waals surface area (Å²) in [6, 6.07) is 22.0. The molecular formula is C27H27FN4O2. The maximum atomic E-state index is 13.1. The quantitative estimate of drug-likeness (QED) is 0.280. The molecule has 0 aliphatic rings. The standard InChI is InChI=1S/C27H27FN4O2/c1-3-32(4-2)24-16-12-20(13-17-24)18-25(30-26(33)22-8-6-5-7-9-22)27(34)31-29-19-21-10-14-23(28)15-11-21/h5-19H,3-4H2,1-2H3,(H,30,33)(H,31,34). The van der Waals surface area contributed by atoms with Crippen LogP contribution < -0.4 is 15.6 Å². The molecule has 3 aromatic rings. The summed E-state index contributed by atoms with van der Waals surface area (Å²) in [5, 5.41) is 6.60. The van der Waals surface area contributed by atoms with E-state index in [-0.39, 0.29) is 11.5 Å². The Morgan fingerprint density at radius 3 is 2.12 bits per heavy atom. The summed E-state index contributed by atoms with van der Waals surface area (Å²) in [7, 11) is 0. The number of benzene rings is 3. The third-order valence-electron chi connectivity index (χ3n) is 5.11. The second-order valence-electron chi connectivity index (χ2n) is 7.39. The van der Waals surface area contributed by atoms with Gasteiger partial charge in [-0.3, -0.25) is 9.59 Å². The first-order valence-electron chi connectivity index (χ1n) is 11.0. The van der Waals surface area contributed by atoms with Gasteiger partial charge in [0.2, 0.25) is 0 Å². The lowest BCUT2D eigenvalue weighted by Gasteiger charge is -2.20. The molecule has 3 aromatic carbocycles. The van der Waals surface area contributed by atoms with Crippen molar-refractivity contribution in [2.24, 2.45) is 5.10 Å². The summed E-state index contributed by atoms with van der Waals surface area (Å²) in [6.45, 7) is 5.95. The van der Waals surface area contributed by atoms with E-state index in [9.17, 15) is 14.0 Å². The van der Waals surface area contributed by atoms with Crippen LogP contribution in [0.3, 0.4) is 0 Å². The highest BCUT2D eigenvalue weighted by Gasteiger charge is 2.14. The molecule has 0 bridgehead atoms. The van der Waals surface area contributed by atoms with Gasteiger partial charge < -0.3 is 10.2 Å². The van der Waals surface area contributed by atoms with Crippen molar-refractivity contribution in [3.05, 3.63) is 107 Å². The minimum Gasteiger partial charge on any atom is -0.372 e. The number of anilines is 1. The zero-order valence-corrected chi connectivity index (χ0v) is 19.2. The van der Waals surface area contributed by atoms with Gasteiger partial charge in [0.05, 0.1) is 6.21 Å². The Hall–Kier alpha value is -4.26. The lowest BCUT2D eigenvalue weighted by atomic mass is 10.1. The van der Waals surface area contributed by atoms with E-state index in [0.717, 1.165) is 24.3 Å². The molecule has 34 heavy (non-hydrogen) atoms. The van der Waals surface area contributed by atoms with Crippen LogP contribution in [0.4, 0.5) is 10.1 Å². The smallest absolute Gasteiger partial charge is 0.287 e. The summed E-state index contributed by atoms with van der Waals surface area (Å²) in [5.74, 6) is -1.36. The van der Waals surface area contributed by atoms with E-state index in [0.29, 0.717) is 11.1 Å². The van der Waals surface area contributed by atoms with Gasteiger partial charge >= 0.3 is 0 Å². The molecule has 174 valence electrons. The van der Waals surface area contributed by atoms with Gasteiger partial charge in [-0.1, -0.05) is 42.5 Å². The fourth-order valence-corrected chi connectivity index (χ4v) is 3.25. The maximum Gasteiger partial charge on any atom is 0.287 e. The number of nitrogens with zero attached hydrogens (tertiary/aromatic N) is 2. The van der Waals surface area contributed by atoms with Crippen molar-refractivity contribution >= 4 is 29.8 Å². The molecule has 0 heterocycles. The minimum atomic E-state index is -0.588. The largest absolute Gasteiger partial charge is 0.372 e. The van der Waals surface area contributed by atoms with E-state index in [1.807, 2.05) is 30.3 Å². The number of rotatable bonds is 9. The number of nitrogens with one attached hydrogen (secondary N) is 2. The second kappa shape index (κ2) is 12.1. The van der Waals surface area contributed by atoms with Gasteiger partial charge in [0, 0.05) is 24.3 Å². The molecule has 0 saturated carbocycles. The predicted octanol–water partition coefficient (Wildman–Crippen LogP) is 4.59. The molecule has 0 spiro atoms. The van der Waals surface area contributed by atoms with Crippen molar-refractivity contribution in [2.45, 2.75) is 13.8 Å². The molecule has 7 heteroatoms. The Morgan fingerprint density at radius 2 is 1.50 bits per heavy atom. The van der Waals surface area contributed by atoms with E-state index in [1.165, 1.54) is 30.5 Å². The lowest BCUT2D eigenvalue weighted by Crippen LogP contribution is -2.32. The molecule has 2 amide bonds. The number of hydrogen-bond acceptors (Lipinski definition) is 4. The molecule has 0 aliphatic heterocycles. The second-order valence-corrected chi connectivity index (χ2v) is 7.39. The van der Waals surface area contributed by atoms with Gasteiger partial charge in [-0.2, -0.15) is 5.10 Å². The molecule has 0 fully saturated rings. The Balaban J connectivity index is 1.81. The molecule has 0 atom stereocenters. The molecule has 0 radical (unpaired) electrons. The van der Waals surface area contributed by atoms with E-state index < -0.39 is 11.8 Å². The third kappa shape index (κ3) is 6.87. The highest BCUT2D eigenvalue weighted by Crippen LogP contribution is 2.16. The lowest BCUT2D eigenvalue weighted by molar-refractivity contribution is -0.117. The molecule has 0 saturated heterocycles.